The molecule has 2 aromatic rings. The molecule has 0 saturated carbocycles. The highest BCUT2D eigenvalue weighted by Crippen LogP contribution is 2.38. The molecule has 0 atom stereocenters. The maximum atomic E-state index is 11.0. The van der Waals surface area contributed by atoms with Gasteiger partial charge in [-0.15, -0.1) is 11.8 Å². The Morgan fingerprint density at radius 3 is 2.21 bits per heavy atom. The summed E-state index contributed by atoms with van der Waals surface area (Å²) in [4.78, 5) is 4.12. The van der Waals surface area contributed by atoms with Gasteiger partial charge in [0.05, 0.1) is 11.3 Å². The van der Waals surface area contributed by atoms with Gasteiger partial charge in [0.2, 0.25) is 10.0 Å². The van der Waals surface area contributed by atoms with Crippen LogP contribution in [-0.2, 0) is 10.0 Å². The lowest BCUT2D eigenvalue weighted by molar-refractivity contribution is 0.451. The Hall–Kier alpha value is -2.99. The molecule has 0 spiro atoms. The van der Waals surface area contributed by atoms with Gasteiger partial charge in [-0.3, -0.25) is 0 Å². The number of nitrogens with two attached hydrogens (primary N) is 2. The normalized spacial score (nSPS) is 11.0. The first kappa shape index (κ1) is 21.3. The molecule has 1 aromatic carbocycles. The van der Waals surface area contributed by atoms with Gasteiger partial charge in [-0.05, 0) is 36.3 Å². The van der Waals surface area contributed by atoms with Crippen LogP contribution >= 0.6 is 11.8 Å². The molecule has 0 aliphatic heterocycles. The number of benzene rings is 1. The van der Waals surface area contributed by atoms with Crippen molar-refractivity contribution < 1.29 is 18.6 Å². The average Bonchev–Trinajstić information content (AvgIpc) is 2.59. The maximum Gasteiger partial charge on any atom is 0.209 e. The Morgan fingerprint density at radius 2 is 1.68 bits per heavy atom. The summed E-state index contributed by atoms with van der Waals surface area (Å²) >= 11 is 1.19. The van der Waals surface area contributed by atoms with Gasteiger partial charge in [0.15, 0.2) is 0 Å². The summed E-state index contributed by atoms with van der Waals surface area (Å²) in [5, 5.41) is 43.8. The largest absolute Gasteiger partial charge is 0.508 e. The zero-order valence-electron chi connectivity index (χ0n) is 14.6. The number of sulfonamides is 1. The molecule has 28 heavy (non-hydrogen) atoms. The number of phenolic OH excluding ortho intramolecular Hbond substituents is 2. The molecule has 0 unspecified atom stereocenters. The third-order valence-corrected chi connectivity index (χ3v) is 5.59. The fraction of sp³-hybridized carbons (Fsp3) is 0.235. The van der Waals surface area contributed by atoms with Gasteiger partial charge in [-0.1, -0.05) is 0 Å². The second-order valence-corrected chi connectivity index (χ2v) is 8.63. The Labute approximate surface area is 166 Å². The molecule has 0 aliphatic rings. The van der Waals surface area contributed by atoms with Crippen LogP contribution in [0.5, 0.6) is 11.5 Å². The maximum absolute atomic E-state index is 11.0. The van der Waals surface area contributed by atoms with Crippen LogP contribution in [0.2, 0.25) is 0 Å². The lowest BCUT2D eigenvalue weighted by atomic mass is 9.96. The average molecular weight is 419 g/mol. The van der Waals surface area contributed by atoms with Crippen LogP contribution < -0.4 is 10.9 Å². The molecule has 146 valence electrons. The van der Waals surface area contributed by atoms with E-state index in [-0.39, 0.29) is 50.3 Å². The summed E-state index contributed by atoms with van der Waals surface area (Å²) < 4.78 is 21.9. The number of hydrogen-bond donors (Lipinski definition) is 4. The third-order valence-electron chi connectivity index (χ3n) is 3.67. The molecule has 9 nitrogen and oxygen atoms in total. The van der Waals surface area contributed by atoms with Crippen LogP contribution in [-0.4, -0.2) is 35.1 Å². The number of thioether (sulfide) groups is 1. The molecule has 1 aromatic heterocycles. The lowest BCUT2D eigenvalue weighted by Gasteiger charge is -2.13. The van der Waals surface area contributed by atoms with Crippen molar-refractivity contribution in [2.45, 2.75) is 17.9 Å². The zero-order valence-corrected chi connectivity index (χ0v) is 16.2. The van der Waals surface area contributed by atoms with Crippen LogP contribution in [0.25, 0.3) is 11.1 Å². The number of aromatic nitrogens is 1. The minimum Gasteiger partial charge on any atom is -0.508 e. The predicted octanol–water partition coefficient (Wildman–Crippen LogP) is 1.65. The molecule has 0 saturated heterocycles. The molecular formula is C17H17N5O4S2. The summed E-state index contributed by atoms with van der Waals surface area (Å²) in [7, 11) is -3.53. The first-order valence-corrected chi connectivity index (χ1v) is 10.7. The molecule has 0 fully saturated rings. The van der Waals surface area contributed by atoms with E-state index in [1.165, 1.54) is 23.9 Å². The Morgan fingerprint density at radius 1 is 1.07 bits per heavy atom. The van der Waals surface area contributed by atoms with Crippen LogP contribution in [0.1, 0.15) is 24.0 Å². The monoisotopic (exact) mass is 419 g/mol. The fourth-order valence-corrected chi connectivity index (χ4v) is 4.11. The molecular weight excluding hydrogens is 402 g/mol. The predicted molar refractivity (Wildman–Crippen MR) is 105 cm³/mol. The molecule has 0 bridgehead atoms. The number of rotatable bonds is 7. The summed E-state index contributed by atoms with van der Waals surface area (Å²) in [6.07, 6.45) is 0.864. The molecule has 11 heteroatoms. The van der Waals surface area contributed by atoms with Crippen molar-refractivity contribution in [2.24, 2.45) is 5.14 Å². The van der Waals surface area contributed by atoms with Crippen LogP contribution in [0.15, 0.2) is 23.2 Å². The van der Waals surface area contributed by atoms with Crippen molar-refractivity contribution in [2.75, 3.05) is 17.2 Å². The summed E-state index contributed by atoms with van der Waals surface area (Å²) in [5.74, 6) is -0.264. The quantitative estimate of drug-likeness (QED) is 0.382. The first-order chi connectivity index (χ1) is 13.2. The van der Waals surface area contributed by atoms with Crippen LogP contribution in [0.4, 0.5) is 5.82 Å². The SMILES string of the molecule is N#Cc1c(N)nc(SCCCCS(N)(=O)=O)c(C#N)c1-c1cc(O)cc(O)c1. The smallest absolute Gasteiger partial charge is 0.209 e. The van der Waals surface area contributed by atoms with Crippen molar-refractivity contribution in [1.82, 2.24) is 4.98 Å². The van der Waals surface area contributed by atoms with Gasteiger partial charge >= 0.3 is 0 Å². The summed E-state index contributed by atoms with van der Waals surface area (Å²) in [6.45, 7) is 0. The van der Waals surface area contributed by atoms with Gasteiger partial charge in [0.1, 0.15) is 40.0 Å². The van der Waals surface area contributed by atoms with E-state index >= 15 is 0 Å². The number of aromatic hydroxyl groups is 2. The summed E-state index contributed by atoms with van der Waals surface area (Å²) in [5.41, 5.74) is 6.32. The minimum absolute atomic E-state index is 0.0416. The first-order valence-electron chi connectivity index (χ1n) is 7.96. The number of nitrogen functional groups attached to an aromatic ring is 1. The third kappa shape index (κ3) is 5.27. The molecule has 6 N–H and O–H groups in total. The van der Waals surface area contributed by atoms with Gasteiger partial charge in [-0.25, -0.2) is 18.5 Å². The van der Waals surface area contributed by atoms with Crippen molar-refractivity contribution >= 4 is 27.6 Å². The van der Waals surface area contributed by atoms with Crippen molar-refractivity contribution in [1.29, 1.82) is 10.5 Å². The topological polar surface area (TPSA) is 187 Å². The second kappa shape index (κ2) is 8.80. The van der Waals surface area contributed by atoms with Gasteiger partial charge in [0.25, 0.3) is 0 Å². The Balaban J connectivity index is 2.42. The minimum atomic E-state index is -3.53. The van der Waals surface area contributed by atoms with E-state index in [1.807, 2.05) is 12.1 Å². The van der Waals surface area contributed by atoms with Gasteiger partial charge in [-0.2, -0.15) is 10.5 Å². The van der Waals surface area contributed by atoms with Crippen molar-refractivity contribution in [3.8, 4) is 34.8 Å². The second-order valence-electron chi connectivity index (χ2n) is 5.81. The highest BCUT2D eigenvalue weighted by molar-refractivity contribution is 7.99. The zero-order chi connectivity index (χ0) is 20.9. The fourth-order valence-electron chi connectivity index (χ4n) is 2.50. The van der Waals surface area contributed by atoms with E-state index in [0.29, 0.717) is 18.6 Å². The van der Waals surface area contributed by atoms with Gasteiger partial charge in [0, 0.05) is 11.6 Å². The standard InChI is InChI=1S/C17H17N5O4S2/c18-8-13-15(10-5-11(23)7-12(24)6-10)14(9-19)17(22-16(13)20)27-3-1-2-4-28(21,25)26/h5-7,23-24H,1-4H2,(H2,20,22)(H2,21,25,26). The molecule has 2 rings (SSSR count). The molecule has 0 aliphatic carbocycles. The van der Waals surface area contributed by atoms with Crippen molar-refractivity contribution in [3.05, 3.63) is 29.3 Å². The van der Waals surface area contributed by atoms with E-state index in [1.54, 1.807) is 0 Å². The lowest BCUT2D eigenvalue weighted by Crippen LogP contribution is -2.16. The molecule has 1 heterocycles. The van der Waals surface area contributed by atoms with E-state index in [4.69, 9.17) is 10.9 Å². The number of pyridine rings is 1. The number of anilines is 1. The number of nitriles is 2. The number of hydrogen-bond acceptors (Lipinski definition) is 9. The Bertz CT molecular complexity index is 1070. The number of nitrogens with zero attached hydrogens (tertiary/aromatic N) is 3. The van der Waals surface area contributed by atoms with Crippen molar-refractivity contribution in [3.63, 3.8) is 0 Å². The summed E-state index contributed by atoms with van der Waals surface area (Å²) in [6, 6.07) is 7.63. The Kier molecular flexibility index (Phi) is 6.70. The van der Waals surface area contributed by atoms with Crippen LogP contribution in [0, 0.1) is 22.7 Å². The van der Waals surface area contributed by atoms with E-state index in [0.717, 1.165) is 6.07 Å². The van der Waals surface area contributed by atoms with Gasteiger partial charge < -0.3 is 15.9 Å². The number of unbranched alkanes of at least 4 members (excludes halogenated alkanes) is 1. The molecule has 0 radical (unpaired) electrons. The van der Waals surface area contributed by atoms with E-state index in [2.05, 4.69) is 4.98 Å². The van der Waals surface area contributed by atoms with E-state index in [9.17, 15) is 29.2 Å². The molecule has 0 amide bonds. The highest BCUT2D eigenvalue weighted by atomic mass is 32.2. The highest BCUT2D eigenvalue weighted by Gasteiger charge is 2.21. The van der Waals surface area contributed by atoms with Crippen LogP contribution in [0.3, 0.4) is 0 Å². The van der Waals surface area contributed by atoms with E-state index < -0.39 is 10.0 Å². The number of primary sulfonamides is 1. The number of phenols is 2.